The fraction of sp³-hybridized carbons (Fsp3) is 1.00. The molecule has 0 amide bonds. The zero-order chi connectivity index (χ0) is 8.11. The lowest BCUT2D eigenvalue weighted by molar-refractivity contribution is 0.341. The summed E-state index contributed by atoms with van der Waals surface area (Å²) in [5.74, 6) is 1.15. The maximum absolute atomic E-state index is 11.2. The topological polar surface area (TPSA) is 46.2 Å². The number of rotatable bonds is 0. The minimum absolute atomic E-state index is 0. The summed E-state index contributed by atoms with van der Waals surface area (Å²) < 4.78 is 22.4. The molecule has 2 rings (SSSR count). The summed E-state index contributed by atoms with van der Waals surface area (Å²) in [6.07, 6.45) is 0. The van der Waals surface area contributed by atoms with E-state index in [1.165, 1.54) is 0 Å². The van der Waals surface area contributed by atoms with Crippen molar-refractivity contribution in [2.45, 2.75) is 6.92 Å². The second-order valence-corrected chi connectivity index (χ2v) is 6.15. The molecule has 5 heteroatoms. The van der Waals surface area contributed by atoms with Gasteiger partial charge in [-0.05, 0) is 17.9 Å². The van der Waals surface area contributed by atoms with Crippen LogP contribution in [0.1, 0.15) is 6.92 Å². The van der Waals surface area contributed by atoms with E-state index >= 15 is 0 Å². The Labute approximate surface area is 79.2 Å². The van der Waals surface area contributed by atoms with E-state index in [1.807, 2.05) is 0 Å². The molecule has 0 aliphatic carbocycles. The maximum atomic E-state index is 11.2. The van der Waals surface area contributed by atoms with Gasteiger partial charge in [0.25, 0.3) is 0 Å². The first-order valence-corrected chi connectivity index (χ1v) is 5.75. The number of fused-ring (bicyclic) bond motifs is 1. The second-order valence-electron chi connectivity index (χ2n) is 4.04. The largest absolute Gasteiger partial charge is 0.316 e. The molecule has 0 aromatic carbocycles. The summed E-state index contributed by atoms with van der Waals surface area (Å²) in [4.78, 5) is 0. The lowest BCUT2D eigenvalue weighted by Crippen LogP contribution is -2.25. The zero-order valence-electron chi connectivity index (χ0n) is 7.04. The van der Waals surface area contributed by atoms with Crippen molar-refractivity contribution in [1.82, 2.24) is 5.32 Å². The summed E-state index contributed by atoms with van der Waals surface area (Å²) in [7, 11) is -2.70. The molecule has 12 heavy (non-hydrogen) atoms. The van der Waals surface area contributed by atoms with E-state index in [0.29, 0.717) is 17.4 Å². The van der Waals surface area contributed by atoms with Crippen molar-refractivity contribution in [3.05, 3.63) is 0 Å². The monoisotopic (exact) mass is 211 g/mol. The van der Waals surface area contributed by atoms with Gasteiger partial charge in [-0.25, -0.2) is 8.42 Å². The first-order valence-electron chi connectivity index (χ1n) is 3.93. The van der Waals surface area contributed by atoms with Crippen molar-refractivity contribution < 1.29 is 8.42 Å². The highest BCUT2D eigenvalue weighted by atomic mass is 35.5. The molecule has 2 aliphatic rings. The lowest BCUT2D eigenvalue weighted by atomic mass is 9.84. The number of sulfone groups is 1. The first-order chi connectivity index (χ1) is 5.02. The molecule has 0 unspecified atom stereocenters. The Balaban J connectivity index is 0.000000720. The van der Waals surface area contributed by atoms with Crippen LogP contribution in [0.4, 0.5) is 0 Å². The highest BCUT2D eigenvalue weighted by Gasteiger charge is 2.49. The summed E-state index contributed by atoms with van der Waals surface area (Å²) in [6, 6.07) is 0. The average Bonchev–Trinajstić information content (AvgIpc) is 2.16. The van der Waals surface area contributed by atoms with Crippen LogP contribution >= 0.6 is 12.4 Å². The van der Waals surface area contributed by atoms with Gasteiger partial charge < -0.3 is 5.32 Å². The van der Waals surface area contributed by atoms with E-state index in [9.17, 15) is 8.42 Å². The molecule has 3 nitrogen and oxygen atoms in total. The molecule has 2 fully saturated rings. The lowest BCUT2D eigenvalue weighted by Gasteiger charge is -2.19. The molecule has 0 bridgehead atoms. The standard InChI is InChI=1S/C7H13NO2S.ClH/c1-7-4-8-2-6(7)3-11(9,10)5-7;/h6,8H,2-5H2,1H3;1H/t6-,7+;/m0./s1. The molecule has 0 saturated carbocycles. The van der Waals surface area contributed by atoms with Gasteiger partial charge >= 0.3 is 0 Å². The number of hydrogen-bond donors (Lipinski definition) is 1. The molecule has 2 atom stereocenters. The maximum Gasteiger partial charge on any atom is 0.151 e. The van der Waals surface area contributed by atoms with Crippen LogP contribution in [0.15, 0.2) is 0 Å². The summed E-state index contributed by atoms with van der Waals surface area (Å²) in [6.45, 7) is 3.83. The third-order valence-electron chi connectivity index (χ3n) is 2.91. The van der Waals surface area contributed by atoms with Crippen LogP contribution in [-0.4, -0.2) is 33.0 Å². The second kappa shape index (κ2) is 2.86. The minimum atomic E-state index is -2.70. The normalized spacial score (nSPS) is 43.6. The predicted molar refractivity (Wildman–Crippen MR) is 50.4 cm³/mol. The van der Waals surface area contributed by atoms with Crippen LogP contribution in [0, 0.1) is 11.3 Å². The Morgan fingerprint density at radius 2 is 2.17 bits per heavy atom. The van der Waals surface area contributed by atoms with E-state index < -0.39 is 9.84 Å². The van der Waals surface area contributed by atoms with Crippen molar-refractivity contribution >= 4 is 22.2 Å². The average molecular weight is 212 g/mol. The van der Waals surface area contributed by atoms with Crippen LogP contribution < -0.4 is 5.32 Å². The Hall–Kier alpha value is 0.200. The molecule has 0 spiro atoms. The van der Waals surface area contributed by atoms with Gasteiger partial charge in [0.2, 0.25) is 0 Å². The van der Waals surface area contributed by atoms with Crippen LogP contribution in [0.5, 0.6) is 0 Å². The van der Waals surface area contributed by atoms with Gasteiger partial charge in [0, 0.05) is 6.54 Å². The third-order valence-corrected chi connectivity index (χ3v) is 4.92. The van der Waals surface area contributed by atoms with Gasteiger partial charge in [0.1, 0.15) is 0 Å². The summed E-state index contributed by atoms with van der Waals surface area (Å²) in [5, 5.41) is 3.24. The van der Waals surface area contributed by atoms with E-state index in [1.54, 1.807) is 0 Å². The SMILES string of the molecule is C[C@]12CNC[C@H]1CS(=O)(=O)C2.Cl. The van der Waals surface area contributed by atoms with Gasteiger partial charge in [0.15, 0.2) is 9.84 Å². The smallest absolute Gasteiger partial charge is 0.151 e. The highest BCUT2D eigenvalue weighted by Crippen LogP contribution is 2.39. The van der Waals surface area contributed by atoms with Gasteiger partial charge in [-0.15, -0.1) is 12.4 Å². The fourth-order valence-corrected chi connectivity index (χ4v) is 4.81. The molecule has 0 radical (unpaired) electrons. The van der Waals surface area contributed by atoms with Gasteiger partial charge in [0.05, 0.1) is 11.5 Å². The quantitative estimate of drug-likeness (QED) is 0.617. The molecule has 72 valence electrons. The molecule has 1 N–H and O–H groups in total. The van der Waals surface area contributed by atoms with E-state index in [-0.39, 0.29) is 17.8 Å². The molecule has 0 aromatic heterocycles. The Bertz CT molecular complexity index is 277. The Morgan fingerprint density at radius 1 is 1.50 bits per heavy atom. The van der Waals surface area contributed by atoms with Crippen LogP contribution in [-0.2, 0) is 9.84 Å². The Kier molecular flexibility index (Phi) is 2.45. The van der Waals surface area contributed by atoms with Gasteiger partial charge in [-0.3, -0.25) is 0 Å². The van der Waals surface area contributed by atoms with Crippen molar-refractivity contribution in [3.8, 4) is 0 Å². The molecule has 2 aliphatic heterocycles. The van der Waals surface area contributed by atoms with Crippen LogP contribution in [0.25, 0.3) is 0 Å². The fourth-order valence-electron chi connectivity index (χ4n) is 2.22. The van der Waals surface area contributed by atoms with Crippen molar-refractivity contribution in [3.63, 3.8) is 0 Å². The van der Waals surface area contributed by atoms with Gasteiger partial charge in [-0.2, -0.15) is 0 Å². The van der Waals surface area contributed by atoms with Crippen molar-refractivity contribution in [1.29, 1.82) is 0 Å². The first kappa shape index (κ1) is 10.3. The predicted octanol–water partition coefficient (Wildman–Crippen LogP) is 0.0623. The van der Waals surface area contributed by atoms with E-state index in [2.05, 4.69) is 12.2 Å². The van der Waals surface area contributed by atoms with Gasteiger partial charge in [-0.1, -0.05) is 6.92 Å². The molecule has 2 saturated heterocycles. The summed E-state index contributed by atoms with van der Waals surface area (Å²) >= 11 is 0. The molecular formula is C7H14ClNO2S. The van der Waals surface area contributed by atoms with E-state index in [4.69, 9.17) is 0 Å². The Morgan fingerprint density at radius 3 is 2.75 bits per heavy atom. The van der Waals surface area contributed by atoms with Crippen LogP contribution in [0.3, 0.4) is 0 Å². The van der Waals surface area contributed by atoms with Crippen molar-refractivity contribution in [2.75, 3.05) is 24.6 Å². The van der Waals surface area contributed by atoms with Crippen molar-refractivity contribution in [2.24, 2.45) is 11.3 Å². The minimum Gasteiger partial charge on any atom is -0.316 e. The number of nitrogens with one attached hydrogen (secondary N) is 1. The molecular weight excluding hydrogens is 198 g/mol. The third kappa shape index (κ3) is 1.47. The summed E-state index contributed by atoms with van der Waals surface area (Å²) in [5.41, 5.74) is 0.0405. The molecule has 2 heterocycles. The zero-order valence-corrected chi connectivity index (χ0v) is 8.67. The number of hydrogen-bond acceptors (Lipinski definition) is 3. The number of halogens is 1. The van der Waals surface area contributed by atoms with E-state index in [0.717, 1.165) is 13.1 Å². The van der Waals surface area contributed by atoms with Crippen LogP contribution in [0.2, 0.25) is 0 Å². The molecule has 0 aromatic rings. The highest BCUT2D eigenvalue weighted by molar-refractivity contribution is 7.91.